The lowest BCUT2D eigenvalue weighted by Crippen LogP contribution is -2.44. The molecule has 17 heavy (non-hydrogen) atoms. The van der Waals surface area contributed by atoms with Gasteiger partial charge in [-0.2, -0.15) is 0 Å². The van der Waals surface area contributed by atoms with Crippen LogP contribution in [-0.4, -0.2) is 37.6 Å². The van der Waals surface area contributed by atoms with Crippen molar-refractivity contribution in [2.24, 2.45) is 0 Å². The van der Waals surface area contributed by atoms with Crippen LogP contribution in [0.3, 0.4) is 0 Å². The summed E-state index contributed by atoms with van der Waals surface area (Å²) in [6.07, 6.45) is 4.66. The van der Waals surface area contributed by atoms with Crippen LogP contribution in [0.1, 0.15) is 22.6 Å². The summed E-state index contributed by atoms with van der Waals surface area (Å²) < 4.78 is 0. The van der Waals surface area contributed by atoms with Gasteiger partial charge in [0.15, 0.2) is 0 Å². The second-order valence-electron chi connectivity index (χ2n) is 5.09. The Kier molecular flexibility index (Phi) is 3.00. The van der Waals surface area contributed by atoms with E-state index in [4.69, 9.17) is 0 Å². The van der Waals surface area contributed by atoms with Gasteiger partial charge in [0, 0.05) is 38.6 Å². The molecule has 0 saturated carbocycles. The molecule has 0 amide bonds. The zero-order valence-corrected chi connectivity index (χ0v) is 10.4. The Balaban J connectivity index is 1.76. The number of benzene rings is 1. The summed E-state index contributed by atoms with van der Waals surface area (Å²) in [7, 11) is 0. The molecule has 0 bridgehead atoms. The Morgan fingerprint density at radius 1 is 1.29 bits per heavy atom. The van der Waals surface area contributed by atoms with Crippen LogP contribution in [0, 0.1) is 6.92 Å². The van der Waals surface area contributed by atoms with Crippen molar-refractivity contribution in [2.45, 2.75) is 12.8 Å². The highest BCUT2D eigenvalue weighted by atomic mass is 15.2. The van der Waals surface area contributed by atoms with E-state index in [1.54, 1.807) is 5.56 Å². The van der Waals surface area contributed by atoms with Crippen molar-refractivity contribution >= 4 is 6.08 Å². The van der Waals surface area contributed by atoms with Gasteiger partial charge in [0.1, 0.15) is 0 Å². The Hall–Kier alpha value is -1.12. The maximum atomic E-state index is 3.41. The molecule has 1 unspecified atom stereocenters. The lowest BCUT2D eigenvalue weighted by molar-refractivity contribution is 0.236. The second kappa shape index (κ2) is 4.63. The van der Waals surface area contributed by atoms with Crippen molar-refractivity contribution in [3.63, 3.8) is 0 Å². The van der Waals surface area contributed by atoms with Gasteiger partial charge in [-0.1, -0.05) is 30.4 Å². The van der Waals surface area contributed by atoms with E-state index in [9.17, 15) is 0 Å². The first kappa shape index (κ1) is 11.0. The molecule has 2 aliphatic rings. The maximum Gasteiger partial charge on any atom is 0.0157 e. The number of piperazine rings is 1. The smallest absolute Gasteiger partial charge is 0.0157 e. The predicted octanol–water partition coefficient (Wildman–Crippen LogP) is 2.01. The number of rotatable bonds is 2. The van der Waals surface area contributed by atoms with Gasteiger partial charge in [0.25, 0.3) is 0 Å². The summed E-state index contributed by atoms with van der Waals surface area (Å²) >= 11 is 0. The molecule has 1 atom stereocenters. The molecule has 1 fully saturated rings. The highest BCUT2D eigenvalue weighted by molar-refractivity contribution is 5.64. The van der Waals surface area contributed by atoms with Crippen LogP contribution in [-0.2, 0) is 0 Å². The molecular weight excluding hydrogens is 208 g/mol. The second-order valence-corrected chi connectivity index (χ2v) is 5.09. The molecule has 90 valence electrons. The third kappa shape index (κ3) is 2.15. The highest BCUT2D eigenvalue weighted by Crippen LogP contribution is 2.33. The molecule has 0 aromatic heterocycles. The third-order valence-electron chi connectivity index (χ3n) is 3.90. The van der Waals surface area contributed by atoms with E-state index in [2.05, 4.69) is 47.5 Å². The number of hydrogen-bond acceptors (Lipinski definition) is 2. The highest BCUT2D eigenvalue weighted by Gasteiger charge is 2.22. The molecular formula is C15H20N2. The minimum absolute atomic E-state index is 0.601. The molecule has 0 radical (unpaired) electrons. The van der Waals surface area contributed by atoms with Crippen LogP contribution in [0.5, 0.6) is 0 Å². The van der Waals surface area contributed by atoms with Gasteiger partial charge in [-0.25, -0.2) is 0 Å². The van der Waals surface area contributed by atoms with Gasteiger partial charge >= 0.3 is 0 Å². The van der Waals surface area contributed by atoms with Crippen LogP contribution < -0.4 is 5.32 Å². The Morgan fingerprint density at radius 2 is 2.12 bits per heavy atom. The van der Waals surface area contributed by atoms with E-state index in [-0.39, 0.29) is 0 Å². The molecule has 2 nitrogen and oxygen atoms in total. The average Bonchev–Trinajstić information content (AvgIpc) is 2.75. The predicted molar refractivity (Wildman–Crippen MR) is 72.3 cm³/mol. The standard InChI is InChI=1S/C15H20N2/c1-12-3-2-4-13-5-6-14(15(12)13)11-17-9-7-16-8-10-17/h2-6,14,16H,7-11H2,1H3. The monoisotopic (exact) mass is 228 g/mol. The third-order valence-corrected chi connectivity index (χ3v) is 3.90. The maximum absolute atomic E-state index is 3.41. The fourth-order valence-corrected chi connectivity index (χ4v) is 3.00. The molecule has 1 aromatic carbocycles. The van der Waals surface area contributed by atoms with E-state index < -0.39 is 0 Å². The Bertz CT molecular complexity index is 431. The molecule has 1 heterocycles. The number of nitrogens with zero attached hydrogens (tertiary/aromatic N) is 1. The molecule has 2 heteroatoms. The SMILES string of the molecule is Cc1cccc2c1C(CN1CCNCC1)C=C2. The topological polar surface area (TPSA) is 15.3 Å². The summed E-state index contributed by atoms with van der Waals surface area (Å²) in [5.41, 5.74) is 4.41. The average molecular weight is 228 g/mol. The largest absolute Gasteiger partial charge is 0.314 e. The fourth-order valence-electron chi connectivity index (χ4n) is 3.00. The first-order valence-corrected chi connectivity index (χ1v) is 6.55. The summed E-state index contributed by atoms with van der Waals surface area (Å²) in [4.78, 5) is 2.58. The quantitative estimate of drug-likeness (QED) is 0.833. The van der Waals surface area contributed by atoms with Crippen LogP contribution >= 0.6 is 0 Å². The summed E-state index contributed by atoms with van der Waals surface area (Å²) in [5, 5.41) is 3.41. The van der Waals surface area contributed by atoms with Gasteiger partial charge in [0.2, 0.25) is 0 Å². The van der Waals surface area contributed by atoms with Crippen molar-refractivity contribution < 1.29 is 0 Å². The van der Waals surface area contributed by atoms with Crippen LogP contribution in [0.25, 0.3) is 6.08 Å². The number of fused-ring (bicyclic) bond motifs is 1. The van der Waals surface area contributed by atoms with Crippen LogP contribution in [0.4, 0.5) is 0 Å². The Morgan fingerprint density at radius 3 is 2.94 bits per heavy atom. The van der Waals surface area contributed by atoms with E-state index in [0.717, 1.165) is 13.1 Å². The van der Waals surface area contributed by atoms with Crippen molar-refractivity contribution in [3.8, 4) is 0 Å². The number of nitrogens with one attached hydrogen (secondary N) is 1. The lowest BCUT2D eigenvalue weighted by Gasteiger charge is -2.29. The van der Waals surface area contributed by atoms with Gasteiger partial charge in [0.05, 0.1) is 0 Å². The van der Waals surface area contributed by atoms with E-state index >= 15 is 0 Å². The Labute approximate surface area is 103 Å². The molecule has 1 N–H and O–H groups in total. The van der Waals surface area contributed by atoms with Crippen molar-refractivity contribution in [1.29, 1.82) is 0 Å². The van der Waals surface area contributed by atoms with E-state index in [0.29, 0.717) is 5.92 Å². The van der Waals surface area contributed by atoms with E-state index in [1.807, 2.05) is 0 Å². The van der Waals surface area contributed by atoms with Gasteiger partial charge in [-0.3, -0.25) is 4.90 Å². The van der Waals surface area contributed by atoms with Gasteiger partial charge in [-0.05, 0) is 23.6 Å². The molecule has 0 spiro atoms. The first-order chi connectivity index (χ1) is 8.34. The van der Waals surface area contributed by atoms with Gasteiger partial charge < -0.3 is 5.32 Å². The number of hydrogen-bond donors (Lipinski definition) is 1. The lowest BCUT2D eigenvalue weighted by atomic mass is 9.95. The zero-order chi connectivity index (χ0) is 11.7. The minimum Gasteiger partial charge on any atom is -0.314 e. The summed E-state index contributed by atoms with van der Waals surface area (Å²) in [6, 6.07) is 6.62. The number of aryl methyl sites for hydroxylation is 1. The minimum atomic E-state index is 0.601. The van der Waals surface area contributed by atoms with Crippen molar-refractivity contribution in [3.05, 3.63) is 41.0 Å². The molecule has 1 aliphatic heterocycles. The van der Waals surface area contributed by atoms with Crippen molar-refractivity contribution in [1.82, 2.24) is 10.2 Å². The van der Waals surface area contributed by atoms with Crippen molar-refractivity contribution in [2.75, 3.05) is 32.7 Å². The summed E-state index contributed by atoms with van der Waals surface area (Å²) in [6.45, 7) is 8.05. The van der Waals surface area contributed by atoms with E-state index in [1.165, 1.54) is 30.8 Å². The molecule has 1 aliphatic carbocycles. The normalized spacial score (nSPS) is 23.9. The summed E-state index contributed by atoms with van der Waals surface area (Å²) in [5.74, 6) is 0.601. The molecule has 1 aromatic rings. The fraction of sp³-hybridized carbons (Fsp3) is 0.467. The van der Waals surface area contributed by atoms with Crippen LogP contribution in [0.2, 0.25) is 0 Å². The van der Waals surface area contributed by atoms with Gasteiger partial charge in [-0.15, -0.1) is 0 Å². The molecule has 1 saturated heterocycles. The van der Waals surface area contributed by atoms with Crippen LogP contribution in [0.15, 0.2) is 24.3 Å². The first-order valence-electron chi connectivity index (χ1n) is 6.55. The zero-order valence-electron chi connectivity index (χ0n) is 10.4. The molecule has 3 rings (SSSR count).